The molecule has 1 fully saturated rings. The highest BCUT2D eigenvalue weighted by atomic mass is 35.5. The standard InChI is InChI=1S/C19H31N3O3.ClH/c1-5-25-17-9-8-15(11-18(17)24-4)14(2)21-19(23)13-22-10-6-7-16(12-22)20-3;/h8-9,11,14,16,20H,5-7,10,12-13H2,1-4H3,(H,21,23);1H. The van der Waals surface area contributed by atoms with Crippen LogP contribution < -0.4 is 20.1 Å². The molecule has 1 saturated heterocycles. The molecule has 1 aliphatic heterocycles. The van der Waals surface area contributed by atoms with Gasteiger partial charge >= 0.3 is 0 Å². The number of piperidine rings is 1. The third-order valence-electron chi connectivity index (χ3n) is 4.65. The number of carbonyl (C=O) groups is 1. The number of ether oxygens (including phenoxy) is 2. The van der Waals surface area contributed by atoms with Crippen molar-refractivity contribution in [2.24, 2.45) is 0 Å². The van der Waals surface area contributed by atoms with Gasteiger partial charge in [0.05, 0.1) is 26.3 Å². The molecule has 0 aromatic heterocycles. The van der Waals surface area contributed by atoms with E-state index in [9.17, 15) is 4.79 Å². The number of amides is 1. The van der Waals surface area contributed by atoms with Crippen molar-refractivity contribution in [1.82, 2.24) is 15.5 Å². The quantitative estimate of drug-likeness (QED) is 0.719. The molecular formula is C19H32ClN3O3. The Morgan fingerprint density at radius 1 is 1.38 bits per heavy atom. The summed E-state index contributed by atoms with van der Waals surface area (Å²) in [6, 6.07) is 6.18. The second-order valence-corrected chi connectivity index (χ2v) is 6.50. The predicted octanol–water partition coefficient (Wildman–Crippen LogP) is 2.38. The molecule has 1 aromatic rings. The predicted molar refractivity (Wildman–Crippen MR) is 106 cm³/mol. The Morgan fingerprint density at radius 2 is 2.15 bits per heavy atom. The molecule has 0 aliphatic carbocycles. The van der Waals surface area contributed by atoms with Crippen molar-refractivity contribution in [3.63, 3.8) is 0 Å². The molecule has 148 valence electrons. The van der Waals surface area contributed by atoms with Crippen molar-refractivity contribution in [1.29, 1.82) is 0 Å². The molecule has 6 nitrogen and oxygen atoms in total. The van der Waals surface area contributed by atoms with Gasteiger partial charge in [0, 0.05) is 12.6 Å². The van der Waals surface area contributed by atoms with Gasteiger partial charge in [-0.3, -0.25) is 9.69 Å². The topological polar surface area (TPSA) is 62.8 Å². The lowest BCUT2D eigenvalue weighted by atomic mass is 10.1. The number of nitrogens with one attached hydrogen (secondary N) is 2. The first-order valence-corrected chi connectivity index (χ1v) is 9.07. The first-order valence-electron chi connectivity index (χ1n) is 9.07. The van der Waals surface area contributed by atoms with Gasteiger partial charge in [-0.15, -0.1) is 12.4 Å². The highest BCUT2D eigenvalue weighted by Crippen LogP contribution is 2.30. The van der Waals surface area contributed by atoms with Crippen LogP contribution in [0.15, 0.2) is 18.2 Å². The number of nitrogens with zero attached hydrogens (tertiary/aromatic N) is 1. The largest absolute Gasteiger partial charge is 0.493 e. The Balaban J connectivity index is 0.00000338. The van der Waals surface area contributed by atoms with Crippen LogP contribution >= 0.6 is 12.4 Å². The lowest BCUT2D eigenvalue weighted by molar-refractivity contribution is -0.123. The third kappa shape index (κ3) is 6.34. The van der Waals surface area contributed by atoms with Crippen LogP contribution in [0.3, 0.4) is 0 Å². The summed E-state index contributed by atoms with van der Waals surface area (Å²) in [6.07, 6.45) is 2.31. The van der Waals surface area contributed by atoms with Crippen LogP contribution in [0.25, 0.3) is 0 Å². The fourth-order valence-corrected chi connectivity index (χ4v) is 3.24. The molecule has 1 amide bonds. The van der Waals surface area contributed by atoms with E-state index >= 15 is 0 Å². The minimum atomic E-state index is -0.0815. The van der Waals surface area contributed by atoms with E-state index in [1.54, 1.807) is 7.11 Å². The summed E-state index contributed by atoms with van der Waals surface area (Å²) in [5, 5.41) is 6.38. The zero-order chi connectivity index (χ0) is 18.2. The van der Waals surface area contributed by atoms with Gasteiger partial charge in [-0.2, -0.15) is 0 Å². The van der Waals surface area contributed by atoms with Crippen LogP contribution in [-0.4, -0.2) is 57.2 Å². The summed E-state index contributed by atoms with van der Waals surface area (Å²) >= 11 is 0. The first-order chi connectivity index (χ1) is 12.1. The Labute approximate surface area is 163 Å². The van der Waals surface area contributed by atoms with E-state index in [-0.39, 0.29) is 24.4 Å². The molecule has 2 N–H and O–H groups in total. The summed E-state index contributed by atoms with van der Waals surface area (Å²) in [6.45, 7) is 6.86. The average Bonchev–Trinajstić information content (AvgIpc) is 2.62. The third-order valence-corrected chi connectivity index (χ3v) is 4.65. The van der Waals surface area contributed by atoms with E-state index in [0.717, 1.165) is 30.8 Å². The highest BCUT2D eigenvalue weighted by Gasteiger charge is 2.21. The molecule has 2 atom stereocenters. The zero-order valence-electron chi connectivity index (χ0n) is 16.2. The lowest BCUT2D eigenvalue weighted by Gasteiger charge is -2.32. The highest BCUT2D eigenvalue weighted by molar-refractivity contribution is 5.85. The van der Waals surface area contributed by atoms with Crippen molar-refractivity contribution in [3.05, 3.63) is 23.8 Å². The molecule has 0 saturated carbocycles. The normalized spacial score (nSPS) is 18.5. The molecule has 0 bridgehead atoms. The Kier molecular flexibility index (Phi) is 9.76. The lowest BCUT2D eigenvalue weighted by Crippen LogP contribution is -2.48. The van der Waals surface area contributed by atoms with Crippen molar-refractivity contribution in [2.75, 3.05) is 40.4 Å². The molecule has 0 radical (unpaired) electrons. The fraction of sp³-hybridized carbons (Fsp3) is 0.632. The molecule has 2 unspecified atom stereocenters. The second kappa shape index (κ2) is 11.3. The van der Waals surface area contributed by atoms with Gasteiger partial charge < -0.3 is 20.1 Å². The number of hydrogen-bond acceptors (Lipinski definition) is 5. The van der Waals surface area contributed by atoms with Gasteiger partial charge in [-0.05, 0) is 58.0 Å². The average molecular weight is 386 g/mol. The number of carbonyl (C=O) groups excluding carboxylic acids is 1. The SMILES string of the molecule is CCOc1ccc(C(C)NC(=O)CN2CCCC(NC)C2)cc1OC.Cl. The van der Waals surface area contributed by atoms with Gasteiger partial charge in [-0.1, -0.05) is 6.07 Å². The number of hydrogen-bond donors (Lipinski definition) is 2. The summed E-state index contributed by atoms with van der Waals surface area (Å²) in [5.41, 5.74) is 1.00. The molecular weight excluding hydrogens is 354 g/mol. The van der Waals surface area contributed by atoms with Crippen LogP contribution in [0, 0.1) is 0 Å². The number of likely N-dealkylation sites (tertiary alicyclic amines) is 1. The maximum absolute atomic E-state index is 12.4. The van der Waals surface area contributed by atoms with E-state index in [4.69, 9.17) is 9.47 Å². The van der Waals surface area contributed by atoms with Gasteiger partial charge in [0.1, 0.15) is 0 Å². The van der Waals surface area contributed by atoms with E-state index in [0.29, 0.717) is 24.9 Å². The van der Waals surface area contributed by atoms with Gasteiger partial charge in [0.2, 0.25) is 5.91 Å². The number of methoxy groups -OCH3 is 1. The molecule has 26 heavy (non-hydrogen) atoms. The minimum Gasteiger partial charge on any atom is -0.493 e. The van der Waals surface area contributed by atoms with Crippen LogP contribution in [0.4, 0.5) is 0 Å². The molecule has 1 aromatic carbocycles. The maximum atomic E-state index is 12.4. The summed E-state index contributed by atoms with van der Waals surface area (Å²) < 4.78 is 10.9. The number of likely N-dealkylation sites (N-methyl/N-ethyl adjacent to an activating group) is 1. The van der Waals surface area contributed by atoms with Gasteiger partial charge in [-0.25, -0.2) is 0 Å². The molecule has 1 heterocycles. The Hall–Kier alpha value is -1.50. The van der Waals surface area contributed by atoms with E-state index in [1.165, 1.54) is 6.42 Å². The van der Waals surface area contributed by atoms with Crippen LogP contribution in [0.1, 0.15) is 38.3 Å². The summed E-state index contributed by atoms with van der Waals surface area (Å²) in [7, 11) is 3.61. The molecule has 7 heteroatoms. The minimum absolute atomic E-state index is 0. The Bertz CT molecular complexity index is 571. The van der Waals surface area contributed by atoms with E-state index in [1.807, 2.05) is 39.1 Å². The fourth-order valence-electron chi connectivity index (χ4n) is 3.24. The monoisotopic (exact) mass is 385 g/mol. The van der Waals surface area contributed by atoms with Gasteiger partial charge in [0.25, 0.3) is 0 Å². The summed E-state index contributed by atoms with van der Waals surface area (Å²) in [4.78, 5) is 14.6. The van der Waals surface area contributed by atoms with Crippen LogP contribution in [0.2, 0.25) is 0 Å². The number of rotatable bonds is 8. The van der Waals surface area contributed by atoms with Crippen molar-refractivity contribution >= 4 is 18.3 Å². The molecule has 2 rings (SSSR count). The maximum Gasteiger partial charge on any atom is 0.234 e. The number of benzene rings is 1. The first kappa shape index (κ1) is 22.5. The molecule has 1 aliphatic rings. The van der Waals surface area contributed by atoms with Crippen LogP contribution in [0.5, 0.6) is 11.5 Å². The Morgan fingerprint density at radius 3 is 2.81 bits per heavy atom. The van der Waals surface area contributed by atoms with Crippen molar-refractivity contribution in [3.8, 4) is 11.5 Å². The zero-order valence-corrected chi connectivity index (χ0v) is 17.0. The molecule has 0 spiro atoms. The van der Waals surface area contributed by atoms with Crippen LogP contribution in [-0.2, 0) is 4.79 Å². The number of halogens is 1. The summed E-state index contributed by atoms with van der Waals surface area (Å²) in [5.74, 6) is 1.46. The second-order valence-electron chi connectivity index (χ2n) is 6.50. The van der Waals surface area contributed by atoms with Gasteiger partial charge in [0.15, 0.2) is 11.5 Å². The van der Waals surface area contributed by atoms with E-state index < -0.39 is 0 Å². The smallest absolute Gasteiger partial charge is 0.234 e. The van der Waals surface area contributed by atoms with E-state index in [2.05, 4.69) is 15.5 Å². The van der Waals surface area contributed by atoms with Crippen molar-refractivity contribution in [2.45, 2.75) is 38.8 Å². The van der Waals surface area contributed by atoms with Crippen molar-refractivity contribution < 1.29 is 14.3 Å².